The van der Waals surface area contributed by atoms with Gasteiger partial charge in [-0.3, -0.25) is 4.90 Å². The molecule has 1 saturated heterocycles. The van der Waals surface area contributed by atoms with Gasteiger partial charge >= 0.3 is 0 Å². The summed E-state index contributed by atoms with van der Waals surface area (Å²) in [7, 11) is -0.971. The van der Waals surface area contributed by atoms with Gasteiger partial charge in [0.05, 0.1) is 11.5 Å². The second-order valence-corrected chi connectivity index (χ2v) is 6.83. The molecule has 1 aromatic carbocycles. The fourth-order valence-electron chi connectivity index (χ4n) is 2.18. The van der Waals surface area contributed by atoms with E-state index in [9.17, 15) is 12.8 Å². The second-order valence-electron chi connectivity index (χ2n) is 4.60. The third-order valence-corrected chi connectivity index (χ3v) is 4.90. The van der Waals surface area contributed by atoms with Crippen LogP contribution in [0.5, 0.6) is 0 Å². The van der Waals surface area contributed by atoms with E-state index in [1.807, 2.05) is 18.0 Å². The number of sulfone groups is 1. The van der Waals surface area contributed by atoms with E-state index in [1.165, 1.54) is 12.1 Å². The molecule has 0 N–H and O–H groups in total. The van der Waals surface area contributed by atoms with Crippen molar-refractivity contribution in [2.24, 2.45) is 0 Å². The van der Waals surface area contributed by atoms with Gasteiger partial charge in [0.2, 0.25) is 0 Å². The van der Waals surface area contributed by atoms with Gasteiger partial charge in [0.1, 0.15) is 5.82 Å². The summed E-state index contributed by atoms with van der Waals surface area (Å²) in [6, 6.07) is 6.47. The molecule has 0 aromatic heterocycles. The van der Waals surface area contributed by atoms with Crippen molar-refractivity contribution < 1.29 is 12.8 Å². The summed E-state index contributed by atoms with van der Waals surface area (Å²) in [5.74, 6) is 0.235. The van der Waals surface area contributed by atoms with E-state index in [0.29, 0.717) is 13.0 Å². The maximum atomic E-state index is 13.0. The van der Waals surface area contributed by atoms with E-state index in [-0.39, 0.29) is 23.4 Å². The van der Waals surface area contributed by atoms with Crippen molar-refractivity contribution in [1.82, 2.24) is 4.90 Å². The van der Waals surface area contributed by atoms with Crippen molar-refractivity contribution >= 4 is 9.84 Å². The molecule has 0 spiro atoms. The zero-order valence-corrected chi connectivity index (χ0v) is 10.6. The Bertz CT molecular complexity index is 501. The lowest BCUT2D eigenvalue weighted by molar-refractivity contribution is 0.253. The topological polar surface area (TPSA) is 37.4 Å². The molecule has 0 amide bonds. The Hall–Kier alpha value is -0.940. The average Bonchev–Trinajstić information content (AvgIpc) is 2.59. The summed E-state index contributed by atoms with van der Waals surface area (Å²) in [5.41, 5.74) is 0.872. The lowest BCUT2D eigenvalue weighted by atomic mass is 10.1. The molecule has 1 fully saturated rings. The smallest absolute Gasteiger partial charge is 0.151 e. The molecule has 1 atom stereocenters. The van der Waals surface area contributed by atoms with Crippen molar-refractivity contribution in [3.8, 4) is 0 Å². The van der Waals surface area contributed by atoms with Crippen LogP contribution in [0.2, 0.25) is 0 Å². The first-order valence-electron chi connectivity index (χ1n) is 5.61. The standard InChI is InChI=1S/C12H16FNO2S/c1-14(12-5-6-17(15,16)9-12)8-10-3-2-4-11(13)7-10/h2-4,7,12H,5-6,8-9H2,1H3/t12-/m1/s1. The van der Waals surface area contributed by atoms with Crippen molar-refractivity contribution in [3.63, 3.8) is 0 Å². The fourth-order valence-corrected chi connectivity index (χ4v) is 3.98. The van der Waals surface area contributed by atoms with Gasteiger partial charge in [-0.25, -0.2) is 12.8 Å². The van der Waals surface area contributed by atoms with Crippen molar-refractivity contribution in [1.29, 1.82) is 0 Å². The first kappa shape index (κ1) is 12.5. The van der Waals surface area contributed by atoms with Gasteiger partial charge < -0.3 is 0 Å². The fraction of sp³-hybridized carbons (Fsp3) is 0.500. The molecule has 3 nitrogen and oxygen atoms in total. The summed E-state index contributed by atoms with van der Waals surface area (Å²) < 4.78 is 35.7. The molecule has 1 heterocycles. The number of rotatable bonds is 3. The van der Waals surface area contributed by atoms with Crippen LogP contribution in [-0.2, 0) is 16.4 Å². The van der Waals surface area contributed by atoms with E-state index in [1.54, 1.807) is 6.07 Å². The Morgan fingerprint density at radius 1 is 1.47 bits per heavy atom. The number of nitrogens with zero attached hydrogens (tertiary/aromatic N) is 1. The van der Waals surface area contributed by atoms with Gasteiger partial charge in [-0.2, -0.15) is 0 Å². The Morgan fingerprint density at radius 2 is 2.24 bits per heavy atom. The monoisotopic (exact) mass is 257 g/mol. The highest BCUT2D eigenvalue weighted by atomic mass is 32.2. The molecule has 5 heteroatoms. The molecule has 0 bridgehead atoms. The molecular weight excluding hydrogens is 241 g/mol. The van der Waals surface area contributed by atoms with E-state index in [4.69, 9.17) is 0 Å². The van der Waals surface area contributed by atoms with E-state index in [2.05, 4.69) is 0 Å². The largest absolute Gasteiger partial charge is 0.298 e. The van der Waals surface area contributed by atoms with Gasteiger partial charge in [-0.05, 0) is 31.2 Å². The molecule has 1 aliphatic heterocycles. The van der Waals surface area contributed by atoms with E-state index < -0.39 is 9.84 Å². The Balaban J connectivity index is 2.00. The summed E-state index contributed by atoms with van der Waals surface area (Å²) in [6.07, 6.45) is 0.675. The highest BCUT2D eigenvalue weighted by molar-refractivity contribution is 7.91. The number of hydrogen-bond acceptors (Lipinski definition) is 3. The van der Waals surface area contributed by atoms with Crippen LogP contribution in [-0.4, -0.2) is 37.9 Å². The minimum absolute atomic E-state index is 0.0586. The summed E-state index contributed by atoms with van der Waals surface area (Å²) in [5, 5.41) is 0. The highest BCUT2D eigenvalue weighted by Gasteiger charge is 2.30. The summed E-state index contributed by atoms with van der Waals surface area (Å²) in [4.78, 5) is 1.99. The Kier molecular flexibility index (Phi) is 3.49. The van der Waals surface area contributed by atoms with Gasteiger partial charge in [-0.15, -0.1) is 0 Å². The molecule has 0 aliphatic carbocycles. The molecule has 17 heavy (non-hydrogen) atoms. The van der Waals surface area contributed by atoms with Crippen LogP contribution in [0.4, 0.5) is 4.39 Å². The first-order chi connectivity index (χ1) is 7.96. The minimum atomic E-state index is -2.86. The van der Waals surface area contributed by atoms with Crippen LogP contribution in [0.1, 0.15) is 12.0 Å². The van der Waals surface area contributed by atoms with Gasteiger partial charge in [0.15, 0.2) is 9.84 Å². The third-order valence-electron chi connectivity index (χ3n) is 3.15. The predicted octanol–water partition coefficient (Wildman–Crippen LogP) is 1.44. The van der Waals surface area contributed by atoms with Crippen LogP contribution in [0, 0.1) is 5.82 Å². The quantitative estimate of drug-likeness (QED) is 0.822. The molecule has 1 aliphatic rings. The van der Waals surface area contributed by atoms with Crippen LogP contribution < -0.4 is 0 Å². The SMILES string of the molecule is CN(Cc1cccc(F)c1)[C@@H]1CCS(=O)(=O)C1. The normalized spacial score (nSPS) is 23.1. The molecule has 0 saturated carbocycles. The number of hydrogen-bond donors (Lipinski definition) is 0. The minimum Gasteiger partial charge on any atom is -0.298 e. The molecule has 0 unspecified atom stereocenters. The third kappa shape index (κ3) is 3.26. The Morgan fingerprint density at radius 3 is 2.82 bits per heavy atom. The van der Waals surface area contributed by atoms with Gasteiger partial charge in [-0.1, -0.05) is 12.1 Å². The maximum absolute atomic E-state index is 13.0. The molecular formula is C12H16FNO2S. The predicted molar refractivity (Wildman–Crippen MR) is 64.9 cm³/mol. The van der Waals surface area contributed by atoms with Crippen LogP contribution >= 0.6 is 0 Å². The lowest BCUT2D eigenvalue weighted by Gasteiger charge is -2.22. The van der Waals surface area contributed by atoms with Crippen LogP contribution in [0.3, 0.4) is 0 Å². The number of benzene rings is 1. The maximum Gasteiger partial charge on any atom is 0.151 e. The van der Waals surface area contributed by atoms with Gasteiger partial charge in [0, 0.05) is 12.6 Å². The van der Waals surface area contributed by atoms with Crippen molar-refractivity contribution in [3.05, 3.63) is 35.6 Å². The van der Waals surface area contributed by atoms with Crippen molar-refractivity contribution in [2.45, 2.75) is 19.0 Å². The van der Waals surface area contributed by atoms with Crippen LogP contribution in [0.15, 0.2) is 24.3 Å². The molecule has 2 rings (SSSR count). The van der Waals surface area contributed by atoms with Gasteiger partial charge in [0.25, 0.3) is 0 Å². The molecule has 1 aromatic rings. The Labute approximate surface area is 101 Å². The lowest BCUT2D eigenvalue weighted by Crippen LogP contribution is -2.32. The zero-order chi connectivity index (χ0) is 12.5. The van der Waals surface area contributed by atoms with Crippen molar-refractivity contribution in [2.75, 3.05) is 18.6 Å². The number of halogens is 1. The first-order valence-corrected chi connectivity index (χ1v) is 7.43. The average molecular weight is 257 g/mol. The highest BCUT2D eigenvalue weighted by Crippen LogP contribution is 2.18. The molecule has 0 radical (unpaired) electrons. The van der Waals surface area contributed by atoms with Crippen LogP contribution in [0.25, 0.3) is 0 Å². The second kappa shape index (κ2) is 4.74. The summed E-state index contributed by atoms with van der Waals surface area (Å²) >= 11 is 0. The zero-order valence-electron chi connectivity index (χ0n) is 9.77. The van der Waals surface area contributed by atoms with E-state index >= 15 is 0 Å². The molecule has 94 valence electrons. The summed E-state index contributed by atoms with van der Waals surface area (Å²) in [6.45, 7) is 0.581. The van der Waals surface area contributed by atoms with E-state index in [0.717, 1.165) is 5.56 Å².